The van der Waals surface area contributed by atoms with Crippen molar-refractivity contribution in [3.05, 3.63) is 48.2 Å². The maximum atomic E-state index is 13.8. The Morgan fingerprint density at radius 3 is 2.38 bits per heavy atom. The van der Waals surface area contributed by atoms with Crippen LogP contribution in [0.1, 0.15) is 0 Å². The summed E-state index contributed by atoms with van der Waals surface area (Å²) in [6.45, 7) is 0. The van der Waals surface area contributed by atoms with Crippen LogP contribution >= 0.6 is 0 Å². The average molecular weight is 371 g/mol. The van der Waals surface area contributed by atoms with E-state index in [-0.39, 0.29) is 22.9 Å². The van der Waals surface area contributed by atoms with E-state index in [1.165, 1.54) is 12.1 Å². The number of carbonyl (C=O) groups excluding carboxylic acids is 1. The third kappa shape index (κ3) is 3.50. The molecule has 0 unspecified atom stereocenters. The van der Waals surface area contributed by atoms with Crippen LogP contribution < -0.4 is 4.74 Å². The van der Waals surface area contributed by atoms with Crippen LogP contribution in [0, 0.1) is 11.6 Å². The molecule has 0 bridgehead atoms. The molecule has 6 nitrogen and oxygen atoms in total. The Balaban J connectivity index is 1.96. The van der Waals surface area contributed by atoms with Gasteiger partial charge in [0.25, 0.3) is 11.8 Å². The third-order valence-corrected chi connectivity index (χ3v) is 3.01. The lowest BCUT2D eigenvalue weighted by Gasteiger charge is -2.07. The topological polar surface area (TPSA) is 78.1 Å². The fourth-order valence-corrected chi connectivity index (χ4v) is 1.88. The first-order chi connectivity index (χ1) is 12.3. The van der Waals surface area contributed by atoms with E-state index < -0.39 is 29.7 Å². The van der Waals surface area contributed by atoms with Crippen molar-refractivity contribution in [1.29, 1.82) is 0 Å². The number of pyridine rings is 1. The van der Waals surface area contributed by atoms with Crippen molar-refractivity contribution >= 4 is 5.97 Å². The Labute approximate surface area is 141 Å². The summed E-state index contributed by atoms with van der Waals surface area (Å²) >= 11 is 0. The zero-order chi connectivity index (χ0) is 18.9. The van der Waals surface area contributed by atoms with Crippen LogP contribution in [0.3, 0.4) is 0 Å². The second-order valence-electron chi connectivity index (χ2n) is 4.78. The molecule has 0 amide bonds. The van der Waals surface area contributed by atoms with Gasteiger partial charge < -0.3 is 9.15 Å². The molecule has 0 fully saturated rings. The van der Waals surface area contributed by atoms with Crippen molar-refractivity contribution in [1.82, 2.24) is 15.2 Å². The second-order valence-corrected chi connectivity index (χ2v) is 4.78. The number of aromatic nitrogens is 3. The van der Waals surface area contributed by atoms with Crippen molar-refractivity contribution in [3.63, 3.8) is 0 Å². The number of benzene rings is 1. The number of ether oxygens (including phenoxy) is 1. The largest absolute Gasteiger partial charge is 0.491 e. The predicted molar refractivity (Wildman–Crippen MR) is 74.6 cm³/mol. The summed E-state index contributed by atoms with van der Waals surface area (Å²) in [6.07, 6.45) is -4.15. The van der Waals surface area contributed by atoms with Gasteiger partial charge in [0.15, 0.2) is 0 Å². The van der Waals surface area contributed by atoms with E-state index in [0.717, 1.165) is 18.3 Å². The number of nitrogens with zero attached hydrogens (tertiary/aromatic N) is 3. The molecule has 134 valence electrons. The molecule has 0 saturated heterocycles. The van der Waals surface area contributed by atoms with Crippen molar-refractivity contribution in [2.75, 3.05) is 0 Å². The van der Waals surface area contributed by atoms with Crippen molar-refractivity contribution in [2.24, 2.45) is 0 Å². The van der Waals surface area contributed by atoms with Crippen LogP contribution in [0.2, 0.25) is 0 Å². The summed E-state index contributed by atoms with van der Waals surface area (Å²) < 4.78 is 73.1. The number of esters is 1. The third-order valence-electron chi connectivity index (χ3n) is 3.01. The molecule has 0 aliphatic carbocycles. The average Bonchev–Trinajstić information content (AvgIpc) is 3.04. The van der Waals surface area contributed by atoms with Crippen LogP contribution in [0.5, 0.6) is 5.88 Å². The van der Waals surface area contributed by atoms with Gasteiger partial charge in [-0.1, -0.05) is 0 Å². The molecular weight excluding hydrogens is 365 g/mol. The standard InChI is InChI=1S/C15H6F5N3O3/c16-7-3-4-8(10(17)6-7)12-22-23-13(25-12)9-2-1-5-21-11(9)26-14(24)15(18,19)20/h1-6H. The molecule has 26 heavy (non-hydrogen) atoms. The first kappa shape index (κ1) is 17.5. The molecule has 3 aromatic rings. The highest BCUT2D eigenvalue weighted by atomic mass is 19.4. The van der Waals surface area contributed by atoms with Gasteiger partial charge in [0.2, 0.25) is 5.88 Å². The Bertz CT molecular complexity index is 971. The smallest absolute Gasteiger partial charge is 0.416 e. The molecule has 0 radical (unpaired) electrons. The van der Waals surface area contributed by atoms with Gasteiger partial charge in [-0.15, -0.1) is 10.2 Å². The number of halogens is 5. The first-order valence-electron chi connectivity index (χ1n) is 6.79. The summed E-state index contributed by atoms with van der Waals surface area (Å²) in [7, 11) is 0. The minimum atomic E-state index is -5.23. The molecule has 0 saturated carbocycles. The summed E-state index contributed by atoms with van der Waals surface area (Å²) in [5.74, 6) is -5.72. The summed E-state index contributed by atoms with van der Waals surface area (Å²) in [5, 5.41) is 7.12. The fraction of sp³-hybridized carbons (Fsp3) is 0.0667. The van der Waals surface area contributed by atoms with Gasteiger partial charge in [-0.2, -0.15) is 13.2 Å². The molecule has 3 rings (SSSR count). The number of alkyl halides is 3. The molecule has 0 atom stereocenters. The Kier molecular flexibility index (Phi) is 4.36. The van der Waals surface area contributed by atoms with Gasteiger partial charge in [-0.25, -0.2) is 18.6 Å². The molecule has 2 aromatic heterocycles. The minimum Gasteiger partial charge on any atom is -0.416 e. The van der Waals surface area contributed by atoms with Crippen LogP contribution in [0.4, 0.5) is 22.0 Å². The van der Waals surface area contributed by atoms with Crippen LogP contribution in [0.25, 0.3) is 22.9 Å². The van der Waals surface area contributed by atoms with E-state index in [4.69, 9.17) is 4.42 Å². The van der Waals surface area contributed by atoms with Gasteiger partial charge >= 0.3 is 12.1 Å². The monoisotopic (exact) mass is 371 g/mol. The quantitative estimate of drug-likeness (QED) is 0.518. The number of hydrogen-bond acceptors (Lipinski definition) is 6. The van der Waals surface area contributed by atoms with Crippen LogP contribution in [0.15, 0.2) is 40.9 Å². The highest BCUT2D eigenvalue weighted by molar-refractivity contribution is 5.79. The second kappa shape index (κ2) is 6.50. The van der Waals surface area contributed by atoms with Gasteiger partial charge in [0, 0.05) is 12.3 Å². The van der Waals surface area contributed by atoms with Crippen LogP contribution in [-0.4, -0.2) is 27.3 Å². The normalized spacial score (nSPS) is 11.4. The summed E-state index contributed by atoms with van der Waals surface area (Å²) in [5.41, 5.74) is -0.436. The SMILES string of the molecule is O=C(Oc1ncccc1-c1nnc(-c2ccc(F)cc2F)o1)C(F)(F)F. The van der Waals surface area contributed by atoms with Crippen LogP contribution in [-0.2, 0) is 4.79 Å². The Morgan fingerprint density at radius 1 is 1.04 bits per heavy atom. The minimum absolute atomic E-state index is 0.216. The zero-order valence-corrected chi connectivity index (χ0v) is 12.4. The van der Waals surface area contributed by atoms with E-state index in [1.54, 1.807) is 0 Å². The van der Waals surface area contributed by atoms with Gasteiger partial charge in [0.1, 0.15) is 17.2 Å². The maximum Gasteiger partial charge on any atom is 0.491 e. The summed E-state index contributed by atoms with van der Waals surface area (Å²) in [4.78, 5) is 14.5. The van der Waals surface area contributed by atoms with Crippen molar-refractivity contribution in [3.8, 4) is 28.8 Å². The Hall–Kier alpha value is -3.37. The van der Waals surface area contributed by atoms with E-state index in [2.05, 4.69) is 19.9 Å². The molecule has 11 heteroatoms. The molecule has 1 aromatic carbocycles. The molecular formula is C15H6F5N3O3. The molecule has 0 spiro atoms. The lowest BCUT2D eigenvalue weighted by atomic mass is 10.2. The van der Waals surface area contributed by atoms with Crippen molar-refractivity contribution < 1.29 is 35.9 Å². The van der Waals surface area contributed by atoms with E-state index >= 15 is 0 Å². The molecule has 2 heterocycles. The molecule has 0 aliphatic rings. The maximum absolute atomic E-state index is 13.8. The van der Waals surface area contributed by atoms with E-state index in [1.807, 2.05) is 0 Å². The van der Waals surface area contributed by atoms with Gasteiger partial charge in [-0.3, -0.25) is 0 Å². The predicted octanol–water partition coefficient (Wildman–Crippen LogP) is 3.54. The number of hydrogen-bond donors (Lipinski definition) is 0. The van der Waals surface area contributed by atoms with E-state index in [0.29, 0.717) is 6.07 Å². The van der Waals surface area contributed by atoms with Crippen molar-refractivity contribution in [2.45, 2.75) is 6.18 Å². The zero-order valence-electron chi connectivity index (χ0n) is 12.4. The number of carbonyl (C=O) groups is 1. The van der Waals surface area contributed by atoms with Gasteiger partial charge in [-0.05, 0) is 24.3 Å². The first-order valence-corrected chi connectivity index (χ1v) is 6.79. The van der Waals surface area contributed by atoms with Gasteiger partial charge in [0.05, 0.1) is 5.56 Å². The lowest BCUT2D eigenvalue weighted by Crippen LogP contribution is -2.28. The Morgan fingerprint density at radius 2 is 1.73 bits per heavy atom. The highest BCUT2D eigenvalue weighted by Crippen LogP contribution is 2.31. The molecule has 0 N–H and O–H groups in total. The lowest BCUT2D eigenvalue weighted by molar-refractivity contribution is -0.189. The number of rotatable bonds is 3. The summed E-state index contributed by atoms with van der Waals surface area (Å²) in [6, 6.07) is 5.14. The highest BCUT2D eigenvalue weighted by Gasteiger charge is 2.42. The fourth-order valence-electron chi connectivity index (χ4n) is 1.88. The van der Waals surface area contributed by atoms with E-state index in [9.17, 15) is 26.7 Å². The molecule has 0 aliphatic heterocycles.